The molecule has 103 heavy (non-hydrogen) atoms. The summed E-state index contributed by atoms with van der Waals surface area (Å²) in [7, 11) is 16.7. The molecule has 5 aromatic carbocycles. The maximum atomic E-state index is 5.67. The van der Waals surface area contributed by atoms with Gasteiger partial charge >= 0.3 is 0 Å². The summed E-state index contributed by atoms with van der Waals surface area (Å²) < 4.78 is 53.2. The fourth-order valence-electron chi connectivity index (χ4n) is 9.64. The molecular weight excluding hydrogens is 1340 g/mol. The fourth-order valence-corrected chi connectivity index (χ4v) is 9.64. The Morgan fingerprint density at radius 1 is 0.301 bits per heavy atom. The molecule has 10 aromatic rings. The van der Waals surface area contributed by atoms with Crippen molar-refractivity contribution in [2.75, 3.05) is 178 Å². The lowest BCUT2D eigenvalue weighted by molar-refractivity contribution is 0.173. The molecule has 0 atom stereocenters. The van der Waals surface area contributed by atoms with Gasteiger partial charge in [-0.15, -0.1) is 0 Å². The first-order valence-electron chi connectivity index (χ1n) is 31.3. The van der Waals surface area contributed by atoms with Crippen molar-refractivity contribution in [1.82, 2.24) is 74.8 Å². The van der Waals surface area contributed by atoms with Gasteiger partial charge < -0.3 is 128 Å². The highest BCUT2D eigenvalue weighted by atomic mass is 16.7. The van der Waals surface area contributed by atoms with Crippen LogP contribution in [-0.4, -0.2) is 172 Å². The summed E-state index contributed by atoms with van der Waals surface area (Å²) in [6, 6.07) is 28.7. The van der Waals surface area contributed by atoms with Gasteiger partial charge in [-0.1, -0.05) is 24.3 Å². The Labute approximate surface area is 589 Å². The average Bonchev–Trinajstić information content (AvgIpc) is 1.59. The Balaban J connectivity index is 0.000000129. The molecule has 0 spiro atoms. The molecule has 0 saturated heterocycles. The van der Waals surface area contributed by atoms with E-state index in [2.05, 4.69) is 96.0 Å². The van der Waals surface area contributed by atoms with Crippen molar-refractivity contribution in [2.24, 2.45) is 0 Å². The van der Waals surface area contributed by atoms with E-state index in [-0.39, 0.29) is 69.7 Å². The van der Waals surface area contributed by atoms with E-state index in [1.165, 1.54) is 0 Å². The van der Waals surface area contributed by atoms with E-state index in [0.717, 1.165) is 85.4 Å². The summed E-state index contributed by atoms with van der Waals surface area (Å²) in [6.45, 7) is 3.56. The van der Waals surface area contributed by atoms with Crippen molar-refractivity contribution in [3.05, 3.63) is 113 Å². The highest BCUT2D eigenvalue weighted by Crippen LogP contribution is 2.39. The zero-order valence-electron chi connectivity index (χ0n) is 57.5. The number of nitrogens with one attached hydrogen (secondary N) is 4. The van der Waals surface area contributed by atoms with Gasteiger partial charge in [-0.2, -0.15) is 74.8 Å². The molecule has 0 radical (unpaired) electrons. The first-order valence-corrected chi connectivity index (χ1v) is 31.3. The molecule has 10 heterocycles. The third-order valence-electron chi connectivity index (χ3n) is 14.7. The summed E-state index contributed by atoms with van der Waals surface area (Å²) in [5.41, 5.74) is 38.4. The van der Waals surface area contributed by atoms with E-state index < -0.39 is 0 Å². The molecule has 5 aliphatic rings. The number of hydrogen-bond donors (Lipinski definition) is 10. The van der Waals surface area contributed by atoms with Gasteiger partial charge in [0.05, 0.1) is 0 Å². The van der Waals surface area contributed by atoms with Crippen molar-refractivity contribution < 1.29 is 47.4 Å². The molecule has 538 valence electrons. The molecule has 15 rings (SSSR count). The van der Waals surface area contributed by atoms with Crippen molar-refractivity contribution >= 4 is 94.9 Å². The lowest BCUT2D eigenvalue weighted by atomic mass is 10.2. The second-order valence-electron chi connectivity index (χ2n) is 22.7. The number of aromatic nitrogens is 15. The van der Waals surface area contributed by atoms with Crippen LogP contribution in [-0.2, 0) is 26.2 Å². The minimum absolute atomic E-state index is 0.0840. The van der Waals surface area contributed by atoms with Crippen LogP contribution in [0, 0.1) is 0 Å². The number of nitrogens with two attached hydrogens (primary N) is 6. The molecule has 0 aliphatic carbocycles. The number of benzene rings is 5. The van der Waals surface area contributed by atoms with Crippen LogP contribution >= 0.6 is 0 Å². The van der Waals surface area contributed by atoms with Gasteiger partial charge in [-0.25, -0.2) is 0 Å². The number of nitrogen functional groups attached to an aromatic ring is 6. The first-order chi connectivity index (χ1) is 49.7. The Morgan fingerprint density at radius 2 is 0.602 bits per heavy atom. The van der Waals surface area contributed by atoms with E-state index in [1.54, 1.807) is 14.1 Å². The fraction of sp³-hybridized carbons (Fsp3) is 0.286. The molecule has 0 saturated carbocycles. The monoisotopic (exact) mass is 1410 g/mol. The molecular formula is C63H76N30O10. The predicted octanol–water partition coefficient (Wildman–Crippen LogP) is 3.98. The largest absolute Gasteiger partial charge is 0.454 e. The number of nitrogens with zero attached hydrogens (tertiary/aromatic N) is 20. The number of rotatable bonds is 18. The van der Waals surface area contributed by atoms with E-state index in [9.17, 15) is 0 Å². The number of ether oxygens (including phenoxy) is 10. The second-order valence-corrected chi connectivity index (χ2v) is 22.7. The maximum Gasteiger partial charge on any atom is 0.236 e. The SMILES string of the molecule is CN(C)c1nc(N(C)C)nc(N(C)c2ccc3c(c2)OCO3)n1.CN(Cc1ccc2c(c1)OCO2)c1nc(N)nc(N)n1.CNc1nc(N)nc(N(C)Cc2ccc3c(c2)OCO3)n1.CNc1nc(N)nc(NCc2ccc3c(c2)OCO3)n1.Nc1nc(N)nc(NCc2ccc3c(c2)OCO3)n1. The molecule has 0 fully saturated rings. The molecule has 0 unspecified atom stereocenters. The van der Waals surface area contributed by atoms with Crippen molar-refractivity contribution in [1.29, 1.82) is 0 Å². The molecule has 5 aromatic heterocycles. The van der Waals surface area contributed by atoms with Gasteiger partial charge in [0, 0.05) is 101 Å². The number of fused-ring (bicyclic) bond motifs is 5. The summed E-state index contributed by atoms with van der Waals surface area (Å²) in [5, 5.41) is 11.8. The normalized spacial score (nSPS) is 12.3. The molecule has 5 aliphatic heterocycles. The van der Waals surface area contributed by atoms with E-state index in [0.29, 0.717) is 79.7 Å². The highest BCUT2D eigenvalue weighted by Gasteiger charge is 2.22. The number of anilines is 16. The van der Waals surface area contributed by atoms with Crippen LogP contribution in [0.1, 0.15) is 22.3 Å². The van der Waals surface area contributed by atoms with Gasteiger partial charge in [0.2, 0.25) is 123 Å². The highest BCUT2D eigenvalue weighted by molar-refractivity contribution is 5.64. The molecule has 40 heteroatoms. The van der Waals surface area contributed by atoms with Crippen molar-refractivity contribution in [3.63, 3.8) is 0 Å². The Bertz CT molecular complexity index is 4540. The molecule has 0 amide bonds. The Morgan fingerprint density at radius 3 is 1.01 bits per heavy atom. The van der Waals surface area contributed by atoms with Crippen LogP contribution in [0.5, 0.6) is 57.5 Å². The van der Waals surface area contributed by atoms with Crippen LogP contribution in [0.3, 0.4) is 0 Å². The molecule has 16 N–H and O–H groups in total. The smallest absolute Gasteiger partial charge is 0.236 e. The minimum Gasteiger partial charge on any atom is -0.454 e. The average molecular weight is 1410 g/mol. The minimum atomic E-state index is 0.0840. The standard InChI is InChI=1S/C15H20N6O2.C13H16N6O2.2C12H14N6O2.C11H12N6O2/c1-19(2)13-16-14(20(3)4)18-15(17-13)21(5)10-6-7-11-12(8-10)23-9-22-11;1-15-12-16-11(14)17-13(18-12)19(2)6-8-3-4-9-10(5-8)21-7-20-9;1-18(12-16-10(13)15-11(14)17-12)5-7-2-3-8-9(4-7)20-6-19-8;1-14-11-16-10(13)17-12(18-11)15-5-7-2-3-8-9(4-7)20-6-19-8;12-9-15-10(13)17-11(16-9)14-4-6-1-2-7-8(3-6)19-5-18-7/h6-8H,9H2,1-5H3;3-5H,6-7H2,1-2H3,(H3,14,15,16,17,18);2-4H,5-6H2,1H3,(H4,13,14,15,16,17);2-4H,5-6H2,1H3,(H4,13,14,15,16,17,18);1-3H,4-5H2,(H5,12,13,14,15,16,17). The van der Waals surface area contributed by atoms with Crippen molar-refractivity contribution in [2.45, 2.75) is 26.2 Å². The zero-order chi connectivity index (χ0) is 72.7. The second kappa shape index (κ2) is 32.2. The lowest BCUT2D eigenvalue weighted by Crippen LogP contribution is -2.22. The van der Waals surface area contributed by atoms with Gasteiger partial charge in [0.15, 0.2) is 57.5 Å². The summed E-state index contributed by atoms with van der Waals surface area (Å²) >= 11 is 0. The number of hydrogen-bond acceptors (Lipinski definition) is 40. The van der Waals surface area contributed by atoms with Gasteiger partial charge in [-0.05, 0) is 82.9 Å². The summed E-state index contributed by atoms with van der Waals surface area (Å²) in [4.78, 5) is 70.6. The summed E-state index contributed by atoms with van der Waals surface area (Å²) in [6.07, 6.45) is 0. The van der Waals surface area contributed by atoms with E-state index >= 15 is 0 Å². The third kappa shape index (κ3) is 18.7. The maximum absolute atomic E-state index is 5.67. The van der Waals surface area contributed by atoms with Gasteiger partial charge in [0.25, 0.3) is 0 Å². The van der Waals surface area contributed by atoms with Crippen LogP contribution in [0.15, 0.2) is 91.0 Å². The van der Waals surface area contributed by atoms with E-state index in [4.69, 9.17) is 81.8 Å². The van der Waals surface area contributed by atoms with Gasteiger partial charge in [0.1, 0.15) is 0 Å². The zero-order valence-corrected chi connectivity index (χ0v) is 57.5. The molecule has 0 bridgehead atoms. The molecule has 40 nitrogen and oxygen atoms in total. The van der Waals surface area contributed by atoms with Crippen LogP contribution < -0.4 is 128 Å². The Hall–Kier alpha value is -13.9. The summed E-state index contributed by atoms with van der Waals surface area (Å²) in [5.74, 6) is 12.5. The quantitative estimate of drug-likeness (QED) is 0.0581. The van der Waals surface area contributed by atoms with Crippen LogP contribution in [0.25, 0.3) is 0 Å². The van der Waals surface area contributed by atoms with Crippen LogP contribution in [0.4, 0.5) is 94.9 Å². The van der Waals surface area contributed by atoms with E-state index in [1.807, 2.05) is 165 Å². The first kappa shape index (κ1) is 70.5. The van der Waals surface area contributed by atoms with Crippen molar-refractivity contribution in [3.8, 4) is 57.5 Å². The predicted molar refractivity (Wildman–Crippen MR) is 383 cm³/mol. The lowest BCUT2D eigenvalue weighted by Gasteiger charge is -2.21. The van der Waals surface area contributed by atoms with Crippen LogP contribution in [0.2, 0.25) is 0 Å². The Kier molecular flexibility index (Phi) is 22.0. The topological polar surface area (TPSA) is 506 Å². The van der Waals surface area contributed by atoms with Gasteiger partial charge in [-0.3, -0.25) is 0 Å². The third-order valence-corrected chi connectivity index (χ3v) is 14.7.